The third-order valence-corrected chi connectivity index (χ3v) is 5.16. The second-order valence-electron chi connectivity index (χ2n) is 4.42. The highest BCUT2D eigenvalue weighted by Gasteiger charge is 2.38. The third-order valence-electron chi connectivity index (χ3n) is 3.28. The Balaban J connectivity index is 2.07. The van der Waals surface area contributed by atoms with Gasteiger partial charge in [0.15, 0.2) is 5.69 Å². The van der Waals surface area contributed by atoms with Crippen molar-refractivity contribution in [3.8, 4) is 0 Å². The van der Waals surface area contributed by atoms with E-state index in [9.17, 15) is 4.79 Å². The average molecular weight is 366 g/mol. The van der Waals surface area contributed by atoms with Crippen LogP contribution in [-0.4, -0.2) is 28.5 Å². The van der Waals surface area contributed by atoms with E-state index < -0.39 is 0 Å². The van der Waals surface area contributed by atoms with Crippen LogP contribution in [0.1, 0.15) is 31.3 Å². The first-order valence-corrected chi connectivity index (χ1v) is 7.48. The summed E-state index contributed by atoms with van der Waals surface area (Å²) in [5.41, 5.74) is 0.523. The zero-order chi connectivity index (χ0) is 12.6. The van der Waals surface area contributed by atoms with Gasteiger partial charge in [0.05, 0.1) is 21.8 Å². The molecule has 1 amide bonds. The number of hydrogen-bond acceptors (Lipinski definition) is 4. The van der Waals surface area contributed by atoms with Gasteiger partial charge in [-0.15, -0.1) is 0 Å². The van der Waals surface area contributed by atoms with E-state index in [4.69, 9.17) is 4.74 Å². The van der Waals surface area contributed by atoms with Gasteiger partial charge < -0.3 is 10.1 Å². The van der Waals surface area contributed by atoms with Gasteiger partial charge in [-0.25, -0.2) is 0 Å². The van der Waals surface area contributed by atoms with E-state index in [2.05, 4.69) is 39.2 Å². The van der Waals surface area contributed by atoms with Crippen LogP contribution in [0.5, 0.6) is 0 Å². The molecular formula is C11H15IN2O2S. The fraction of sp³-hybridized carbons (Fsp3) is 0.636. The van der Waals surface area contributed by atoms with Gasteiger partial charge in [0, 0.05) is 11.3 Å². The Morgan fingerprint density at radius 1 is 1.47 bits per heavy atom. The maximum atomic E-state index is 12.1. The molecule has 1 aliphatic heterocycles. The molecule has 1 aromatic heterocycles. The number of hydrogen-bond donors (Lipinski definition) is 1. The SMILES string of the molecule is CC1OC(C)C(NC(=O)c2nscc2I)C1C. The zero-order valence-electron chi connectivity index (χ0n) is 9.94. The summed E-state index contributed by atoms with van der Waals surface area (Å²) in [6, 6.07) is 0.0648. The number of rotatable bonds is 2. The lowest BCUT2D eigenvalue weighted by Gasteiger charge is -2.19. The molecule has 0 saturated carbocycles. The number of nitrogens with zero attached hydrogens (tertiary/aromatic N) is 1. The number of carbonyl (C=O) groups excluding carboxylic acids is 1. The molecule has 0 bridgehead atoms. The predicted octanol–water partition coefficient (Wildman–Crippen LogP) is 2.29. The minimum Gasteiger partial charge on any atom is -0.373 e. The Kier molecular flexibility index (Phi) is 4.04. The molecule has 0 aromatic carbocycles. The van der Waals surface area contributed by atoms with Gasteiger partial charge in [-0.3, -0.25) is 4.79 Å². The molecule has 1 fully saturated rings. The summed E-state index contributed by atoms with van der Waals surface area (Å²) < 4.78 is 10.7. The largest absolute Gasteiger partial charge is 0.373 e. The van der Waals surface area contributed by atoms with E-state index in [0.29, 0.717) is 11.6 Å². The summed E-state index contributed by atoms with van der Waals surface area (Å²) in [6.07, 6.45) is 0.241. The second-order valence-corrected chi connectivity index (χ2v) is 6.21. The molecule has 1 saturated heterocycles. The van der Waals surface area contributed by atoms with Crippen LogP contribution in [0.3, 0.4) is 0 Å². The average Bonchev–Trinajstić information content (AvgIpc) is 2.78. The number of nitrogens with one attached hydrogen (secondary N) is 1. The standard InChI is InChI=1S/C11H15IN2O2S/c1-5-6(2)16-7(3)9(5)13-11(15)10-8(12)4-17-14-10/h4-7,9H,1-3H3,(H,13,15). The molecule has 4 nitrogen and oxygen atoms in total. The van der Waals surface area contributed by atoms with Gasteiger partial charge in [-0.2, -0.15) is 4.37 Å². The van der Waals surface area contributed by atoms with Crippen molar-refractivity contribution in [2.24, 2.45) is 5.92 Å². The van der Waals surface area contributed by atoms with Gasteiger partial charge in [-0.1, -0.05) is 6.92 Å². The van der Waals surface area contributed by atoms with Crippen molar-refractivity contribution < 1.29 is 9.53 Å². The van der Waals surface area contributed by atoms with Crippen LogP contribution in [0.2, 0.25) is 0 Å². The molecule has 17 heavy (non-hydrogen) atoms. The summed E-state index contributed by atoms with van der Waals surface area (Å²) in [4.78, 5) is 12.1. The Morgan fingerprint density at radius 3 is 2.65 bits per heavy atom. The van der Waals surface area contributed by atoms with Crippen LogP contribution >= 0.6 is 34.1 Å². The molecule has 4 unspecified atom stereocenters. The van der Waals surface area contributed by atoms with E-state index >= 15 is 0 Å². The van der Waals surface area contributed by atoms with E-state index in [-0.39, 0.29) is 24.2 Å². The number of ether oxygens (including phenoxy) is 1. The van der Waals surface area contributed by atoms with Crippen LogP contribution < -0.4 is 5.32 Å². The van der Waals surface area contributed by atoms with Crippen molar-refractivity contribution >= 4 is 40.0 Å². The maximum absolute atomic E-state index is 12.1. The summed E-state index contributed by atoms with van der Waals surface area (Å²) in [6.45, 7) is 6.14. The van der Waals surface area contributed by atoms with Crippen molar-refractivity contribution in [2.75, 3.05) is 0 Å². The van der Waals surface area contributed by atoms with Crippen LogP contribution in [0, 0.1) is 9.49 Å². The lowest BCUT2D eigenvalue weighted by atomic mass is 9.97. The lowest BCUT2D eigenvalue weighted by Crippen LogP contribution is -2.43. The highest BCUT2D eigenvalue weighted by Crippen LogP contribution is 2.26. The van der Waals surface area contributed by atoms with E-state index in [1.807, 2.05) is 19.2 Å². The molecule has 2 rings (SSSR count). The maximum Gasteiger partial charge on any atom is 0.272 e. The third kappa shape index (κ3) is 2.63. The summed E-state index contributed by atoms with van der Waals surface area (Å²) in [5, 5.41) is 4.90. The first-order chi connectivity index (χ1) is 8.00. The van der Waals surface area contributed by atoms with Crippen LogP contribution in [0.15, 0.2) is 5.38 Å². The molecule has 0 spiro atoms. The Morgan fingerprint density at radius 2 is 2.18 bits per heavy atom. The Bertz CT molecular complexity index is 423. The summed E-state index contributed by atoms with van der Waals surface area (Å²) in [5.74, 6) is 0.224. The first-order valence-electron chi connectivity index (χ1n) is 5.57. The molecule has 1 aliphatic rings. The molecule has 6 heteroatoms. The smallest absolute Gasteiger partial charge is 0.272 e. The lowest BCUT2D eigenvalue weighted by molar-refractivity contribution is 0.0530. The molecular weight excluding hydrogens is 351 g/mol. The van der Waals surface area contributed by atoms with E-state index in [1.165, 1.54) is 11.5 Å². The zero-order valence-corrected chi connectivity index (χ0v) is 12.9. The highest BCUT2D eigenvalue weighted by atomic mass is 127. The molecule has 0 radical (unpaired) electrons. The van der Waals surface area contributed by atoms with Gasteiger partial charge in [0.25, 0.3) is 5.91 Å². The monoisotopic (exact) mass is 366 g/mol. The van der Waals surface area contributed by atoms with Crippen LogP contribution in [-0.2, 0) is 4.74 Å². The second kappa shape index (κ2) is 5.19. The van der Waals surface area contributed by atoms with Gasteiger partial charge in [-0.05, 0) is 48.0 Å². The molecule has 2 heterocycles. The molecule has 0 aliphatic carbocycles. The summed E-state index contributed by atoms with van der Waals surface area (Å²) in [7, 11) is 0. The summed E-state index contributed by atoms with van der Waals surface area (Å²) >= 11 is 3.43. The highest BCUT2D eigenvalue weighted by molar-refractivity contribution is 14.1. The Hall–Kier alpha value is -0.210. The van der Waals surface area contributed by atoms with Crippen LogP contribution in [0.4, 0.5) is 0 Å². The topological polar surface area (TPSA) is 51.2 Å². The van der Waals surface area contributed by atoms with Crippen molar-refractivity contribution in [2.45, 2.75) is 39.0 Å². The van der Waals surface area contributed by atoms with Crippen molar-refractivity contribution in [3.63, 3.8) is 0 Å². The van der Waals surface area contributed by atoms with Crippen molar-refractivity contribution in [3.05, 3.63) is 14.6 Å². The predicted molar refractivity (Wildman–Crippen MR) is 75.3 cm³/mol. The van der Waals surface area contributed by atoms with Gasteiger partial charge in [0.1, 0.15) is 0 Å². The quantitative estimate of drug-likeness (QED) is 0.818. The first kappa shape index (κ1) is 13.2. The number of amides is 1. The molecule has 1 N–H and O–H groups in total. The van der Waals surface area contributed by atoms with E-state index in [1.54, 1.807) is 0 Å². The molecule has 94 valence electrons. The van der Waals surface area contributed by atoms with Gasteiger partial charge in [0.2, 0.25) is 0 Å². The van der Waals surface area contributed by atoms with Gasteiger partial charge >= 0.3 is 0 Å². The number of aromatic nitrogens is 1. The molecule has 1 aromatic rings. The minimum absolute atomic E-state index is 0.0558. The normalized spacial score (nSPS) is 32.7. The fourth-order valence-corrected chi connectivity index (χ4v) is 3.52. The van der Waals surface area contributed by atoms with Crippen LogP contribution in [0.25, 0.3) is 0 Å². The van der Waals surface area contributed by atoms with E-state index in [0.717, 1.165) is 3.57 Å². The fourth-order valence-electron chi connectivity index (χ4n) is 2.11. The minimum atomic E-state index is -0.1000. The Labute approximate surface area is 118 Å². The number of halogens is 1. The molecule has 4 atom stereocenters. The van der Waals surface area contributed by atoms with Crippen molar-refractivity contribution in [1.29, 1.82) is 0 Å². The number of carbonyl (C=O) groups is 1. The van der Waals surface area contributed by atoms with Crippen molar-refractivity contribution in [1.82, 2.24) is 9.69 Å².